The summed E-state index contributed by atoms with van der Waals surface area (Å²) >= 11 is 7.76. The second-order valence-corrected chi connectivity index (χ2v) is 4.80. The average molecular weight is 201 g/mol. The Labute approximate surface area is 82.6 Å². The van der Waals surface area contributed by atoms with E-state index in [9.17, 15) is 0 Å². The van der Waals surface area contributed by atoms with Gasteiger partial charge in [-0.15, -0.1) is 22.9 Å². The van der Waals surface area contributed by atoms with Crippen molar-refractivity contribution in [1.82, 2.24) is 0 Å². The molecule has 1 aliphatic carbocycles. The molecule has 1 heterocycles. The second-order valence-electron chi connectivity index (χ2n) is 3.54. The summed E-state index contributed by atoms with van der Waals surface area (Å²) in [4.78, 5) is 1.54. The lowest BCUT2D eigenvalue weighted by atomic mass is 9.99. The molecule has 0 aliphatic heterocycles. The fraction of sp³-hybridized carbons (Fsp3) is 0.600. The van der Waals surface area contributed by atoms with Crippen LogP contribution in [0.25, 0.3) is 0 Å². The molecule has 0 N–H and O–H groups in total. The van der Waals surface area contributed by atoms with Crippen LogP contribution in [0.15, 0.2) is 17.5 Å². The van der Waals surface area contributed by atoms with Gasteiger partial charge in [0, 0.05) is 16.2 Å². The van der Waals surface area contributed by atoms with Gasteiger partial charge in [0.2, 0.25) is 0 Å². The van der Waals surface area contributed by atoms with Gasteiger partial charge in [-0.3, -0.25) is 0 Å². The first-order valence-electron chi connectivity index (χ1n) is 4.43. The van der Waals surface area contributed by atoms with Crippen LogP contribution in [0, 0.1) is 5.92 Å². The van der Waals surface area contributed by atoms with Crippen molar-refractivity contribution in [3.05, 3.63) is 22.4 Å². The van der Waals surface area contributed by atoms with Crippen LogP contribution < -0.4 is 0 Å². The van der Waals surface area contributed by atoms with Gasteiger partial charge in [0.1, 0.15) is 0 Å². The van der Waals surface area contributed by atoms with Crippen LogP contribution in [0.5, 0.6) is 0 Å². The summed E-state index contributed by atoms with van der Waals surface area (Å²) in [5.41, 5.74) is 0.468. The number of rotatable bonds is 3. The Morgan fingerprint density at radius 1 is 1.75 bits per heavy atom. The fourth-order valence-corrected chi connectivity index (χ4v) is 3.55. The largest absolute Gasteiger partial charge is 0.148 e. The third kappa shape index (κ3) is 1.11. The van der Waals surface area contributed by atoms with Crippen molar-refractivity contribution in [3.8, 4) is 0 Å². The van der Waals surface area contributed by atoms with Crippen LogP contribution in [0.1, 0.15) is 24.6 Å². The molecular formula is C10H13ClS. The van der Waals surface area contributed by atoms with Gasteiger partial charge >= 0.3 is 0 Å². The lowest BCUT2D eigenvalue weighted by molar-refractivity contribution is 0.621. The van der Waals surface area contributed by atoms with Crippen molar-refractivity contribution < 1.29 is 0 Å². The molecule has 1 fully saturated rings. The monoisotopic (exact) mass is 200 g/mol. The normalized spacial score (nSPS) is 33.7. The summed E-state index contributed by atoms with van der Waals surface area (Å²) in [6.07, 6.45) is 2.54. The van der Waals surface area contributed by atoms with Crippen LogP contribution in [0.3, 0.4) is 0 Å². The van der Waals surface area contributed by atoms with Gasteiger partial charge in [-0.25, -0.2) is 0 Å². The van der Waals surface area contributed by atoms with E-state index >= 15 is 0 Å². The Morgan fingerprint density at radius 2 is 2.58 bits per heavy atom. The van der Waals surface area contributed by atoms with Crippen molar-refractivity contribution in [2.45, 2.75) is 25.2 Å². The molecule has 66 valence electrons. The highest BCUT2D eigenvalue weighted by Gasteiger charge is 2.53. The van der Waals surface area contributed by atoms with E-state index in [1.165, 1.54) is 17.7 Å². The van der Waals surface area contributed by atoms with Crippen molar-refractivity contribution in [2.75, 3.05) is 5.88 Å². The van der Waals surface area contributed by atoms with Crippen molar-refractivity contribution in [3.63, 3.8) is 0 Å². The number of halogens is 1. The molecule has 0 bridgehead atoms. The lowest BCUT2D eigenvalue weighted by Gasteiger charge is -2.11. The minimum Gasteiger partial charge on any atom is -0.148 e. The Morgan fingerprint density at radius 3 is 3.00 bits per heavy atom. The molecule has 1 aromatic rings. The van der Waals surface area contributed by atoms with Crippen LogP contribution in [-0.4, -0.2) is 5.88 Å². The first-order chi connectivity index (χ1) is 5.83. The maximum absolute atomic E-state index is 5.88. The van der Waals surface area contributed by atoms with Crippen molar-refractivity contribution in [1.29, 1.82) is 0 Å². The summed E-state index contributed by atoms with van der Waals surface area (Å²) in [6.45, 7) is 2.27. The summed E-state index contributed by atoms with van der Waals surface area (Å²) in [5.74, 6) is 1.56. The number of alkyl halides is 1. The molecule has 2 rings (SSSR count). The van der Waals surface area contributed by atoms with Gasteiger partial charge in [-0.05, 0) is 30.2 Å². The first kappa shape index (κ1) is 8.58. The molecule has 1 aromatic heterocycles. The van der Waals surface area contributed by atoms with Crippen LogP contribution >= 0.6 is 22.9 Å². The van der Waals surface area contributed by atoms with Gasteiger partial charge in [0.15, 0.2) is 0 Å². The van der Waals surface area contributed by atoms with Crippen molar-refractivity contribution >= 4 is 22.9 Å². The zero-order chi connectivity index (χ0) is 8.60. The highest BCUT2D eigenvalue weighted by atomic mass is 35.5. The zero-order valence-corrected chi connectivity index (χ0v) is 8.79. The number of thiophene rings is 1. The number of hydrogen-bond acceptors (Lipinski definition) is 1. The first-order valence-corrected chi connectivity index (χ1v) is 5.85. The molecule has 2 heteroatoms. The Balaban J connectivity index is 2.22. The predicted molar refractivity (Wildman–Crippen MR) is 55.1 cm³/mol. The Hall–Kier alpha value is -0.0100. The van der Waals surface area contributed by atoms with E-state index in [1.807, 2.05) is 11.3 Å². The molecule has 0 spiro atoms. The third-order valence-electron chi connectivity index (χ3n) is 3.06. The maximum atomic E-state index is 5.88. The van der Waals surface area contributed by atoms with E-state index in [2.05, 4.69) is 24.4 Å². The van der Waals surface area contributed by atoms with Crippen LogP contribution in [-0.2, 0) is 5.41 Å². The average Bonchev–Trinajstić information content (AvgIpc) is 2.57. The van der Waals surface area contributed by atoms with E-state index in [1.54, 1.807) is 0 Å². The van der Waals surface area contributed by atoms with E-state index < -0.39 is 0 Å². The van der Waals surface area contributed by atoms with E-state index in [0.717, 1.165) is 11.8 Å². The fourth-order valence-electron chi connectivity index (χ4n) is 2.05. The van der Waals surface area contributed by atoms with E-state index in [4.69, 9.17) is 11.6 Å². The second kappa shape index (κ2) is 3.04. The highest BCUT2D eigenvalue weighted by Crippen LogP contribution is 2.58. The molecule has 2 unspecified atom stereocenters. The van der Waals surface area contributed by atoms with E-state index in [-0.39, 0.29) is 0 Å². The molecule has 0 aromatic carbocycles. The molecule has 2 atom stereocenters. The maximum Gasteiger partial charge on any atom is 0.0260 e. The molecule has 12 heavy (non-hydrogen) atoms. The van der Waals surface area contributed by atoms with Crippen LogP contribution in [0.4, 0.5) is 0 Å². The summed E-state index contributed by atoms with van der Waals surface area (Å²) < 4.78 is 0. The minimum atomic E-state index is 0.468. The molecule has 0 amide bonds. The summed E-state index contributed by atoms with van der Waals surface area (Å²) in [6, 6.07) is 4.39. The minimum absolute atomic E-state index is 0.468. The summed E-state index contributed by atoms with van der Waals surface area (Å²) in [5, 5.41) is 2.16. The van der Waals surface area contributed by atoms with Gasteiger partial charge in [-0.1, -0.05) is 13.0 Å². The Bertz CT molecular complexity index is 255. The molecule has 1 saturated carbocycles. The van der Waals surface area contributed by atoms with Gasteiger partial charge < -0.3 is 0 Å². The van der Waals surface area contributed by atoms with E-state index in [0.29, 0.717) is 5.41 Å². The lowest BCUT2D eigenvalue weighted by Crippen LogP contribution is -2.06. The van der Waals surface area contributed by atoms with Gasteiger partial charge in [0.25, 0.3) is 0 Å². The smallest absolute Gasteiger partial charge is 0.0260 e. The Kier molecular flexibility index (Phi) is 2.18. The standard InChI is InChI=1S/C10H13ClS/c1-2-10(6-8(10)7-11)9-4-3-5-12-9/h3-5,8H,2,6-7H2,1H3. The van der Waals surface area contributed by atoms with Gasteiger partial charge in [0.05, 0.1) is 0 Å². The molecule has 0 saturated heterocycles. The van der Waals surface area contributed by atoms with Gasteiger partial charge in [-0.2, -0.15) is 0 Å². The highest BCUT2D eigenvalue weighted by molar-refractivity contribution is 7.10. The zero-order valence-electron chi connectivity index (χ0n) is 7.22. The predicted octanol–water partition coefficient (Wildman–Crippen LogP) is 3.65. The quantitative estimate of drug-likeness (QED) is 0.654. The summed E-state index contributed by atoms with van der Waals surface area (Å²) in [7, 11) is 0. The molecule has 0 nitrogen and oxygen atoms in total. The molecular weight excluding hydrogens is 188 g/mol. The van der Waals surface area contributed by atoms with Crippen LogP contribution in [0.2, 0.25) is 0 Å². The molecule has 1 aliphatic rings. The topological polar surface area (TPSA) is 0 Å². The third-order valence-corrected chi connectivity index (χ3v) is 4.52. The number of hydrogen-bond donors (Lipinski definition) is 0. The SMILES string of the molecule is CCC1(c2cccs2)CC1CCl. The van der Waals surface area contributed by atoms with Crippen molar-refractivity contribution in [2.24, 2.45) is 5.92 Å². The molecule has 0 radical (unpaired) electrons.